The van der Waals surface area contributed by atoms with E-state index in [0.29, 0.717) is 10.0 Å². The van der Waals surface area contributed by atoms with Gasteiger partial charge in [0.2, 0.25) is 0 Å². The first-order valence-electron chi connectivity index (χ1n) is 4.66. The maximum absolute atomic E-state index is 11.9. The summed E-state index contributed by atoms with van der Waals surface area (Å²) in [5, 5.41) is 2.70. The van der Waals surface area contributed by atoms with Gasteiger partial charge in [0.1, 0.15) is 11.3 Å². The Morgan fingerprint density at radius 2 is 2.06 bits per heavy atom. The Morgan fingerprint density at radius 1 is 1.28 bits per heavy atom. The van der Waals surface area contributed by atoms with Crippen LogP contribution in [0.4, 0.5) is 5.82 Å². The van der Waals surface area contributed by atoms with Gasteiger partial charge in [0.15, 0.2) is 11.0 Å². The predicted octanol–water partition coefficient (Wildman–Crippen LogP) is 3.19. The van der Waals surface area contributed by atoms with Crippen molar-refractivity contribution in [2.45, 2.75) is 0 Å². The highest BCUT2D eigenvalue weighted by Crippen LogP contribution is 2.25. The van der Waals surface area contributed by atoms with Crippen LogP contribution in [0.15, 0.2) is 29.3 Å². The maximum Gasteiger partial charge on any atom is 0.258 e. The molecule has 0 unspecified atom stereocenters. The van der Waals surface area contributed by atoms with E-state index in [0.717, 1.165) is 0 Å². The summed E-state index contributed by atoms with van der Waals surface area (Å²) in [4.78, 5) is 23.3. The van der Waals surface area contributed by atoms with E-state index in [1.54, 1.807) is 12.3 Å². The van der Waals surface area contributed by atoms with Crippen molar-refractivity contribution in [1.29, 1.82) is 0 Å². The van der Waals surface area contributed by atoms with E-state index in [1.807, 2.05) is 0 Å². The number of aromatic nitrogens is 3. The first-order chi connectivity index (χ1) is 8.58. The van der Waals surface area contributed by atoms with Gasteiger partial charge in [-0.3, -0.25) is 9.78 Å². The van der Waals surface area contributed by atoms with Gasteiger partial charge in [0.25, 0.3) is 5.91 Å². The zero-order valence-electron chi connectivity index (χ0n) is 8.69. The van der Waals surface area contributed by atoms with Crippen LogP contribution in [0.25, 0.3) is 0 Å². The van der Waals surface area contributed by atoms with Crippen LogP contribution in [-0.2, 0) is 0 Å². The molecule has 0 saturated heterocycles. The molecule has 0 atom stereocenters. The number of carbonyl (C=O) groups is 1. The molecular weight excluding hydrogens is 343 g/mol. The topological polar surface area (TPSA) is 67.8 Å². The number of rotatable bonds is 2. The number of nitrogens with zero attached hydrogens (tertiary/aromatic N) is 3. The van der Waals surface area contributed by atoms with Crippen molar-refractivity contribution in [2.75, 3.05) is 5.32 Å². The number of amides is 1. The molecule has 2 aromatic rings. The molecule has 0 spiro atoms. The monoisotopic (exact) mass is 346 g/mol. The number of nitrogens with one attached hydrogen (secondary N) is 1. The molecule has 0 aliphatic heterocycles. The summed E-state index contributed by atoms with van der Waals surface area (Å²) in [5.41, 5.74) is 0.371. The quantitative estimate of drug-likeness (QED) is 0.847. The molecular formula is C10H5BrCl2N4O. The van der Waals surface area contributed by atoms with Crippen LogP contribution < -0.4 is 5.32 Å². The third-order valence-corrected chi connectivity index (χ3v) is 3.12. The van der Waals surface area contributed by atoms with Crippen molar-refractivity contribution in [3.63, 3.8) is 0 Å². The van der Waals surface area contributed by atoms with Crippen LogP contribution in [0.2, 0.25) is 10.2 Å². The number of hydrogen-bond acceptors (Lipinski definition) is 4. The number of pyridine rings is 1. The maximum atomic E-state index is 11.9. The lowest BCUT2D eigenvalue weighted by atomic mass is 10.3. The Kier molecular flexibility index (Phi) is 4.11. The van der Waals surface area contributed by atoms with Gasteiger partial charge in [-0.25, -0.2) is 9.97 Å². The van der Waals surface area contributed by atoms with Crippen molar-refractivity contribution in [3.8, 4) is 0 Å². The van der Waals surface area contributed by atoms with Crippen molar-refractivity contribution < 1.29 is 4.79 Å². The molecule has 0 radical (unpaired) electrons. The van der Waals surface area contributed by atoms with E-state index in [9.17, 15) is 4.79 Å². The standard InChI is InChI=1S/C10H5BrCl2N4O/c11-6-1-5(2-14-3-6)10(18)17-9-7(12)8(13)15-4-16-9/h1-4H,(H,15,16,17,18). The van der Waals surface area contributed by atoms with Crippen molar-refractivity contribution >= 4 is 50.9 Å². The van der Waals surface area contributed by atoms with Crippen LogP contribution in [0.3, 0.4) is 0 Å². The third-order valence-electron chi connectivity index (χ3n) is 1.95. The molecule has 0 aliphatic carbocycles. The van der Waals surface area contributed by atoms with Gasteiger partial charge >= 0.3 is 0 Å². The minimum Gasteiger partial charge on any atom is -0.305 e. The molecule has 0 aliphatic rings. The van der Waals surface area contributed by atoms with Crippen molar-refractivity contribution in [1.82, 2.24) is 15.0 Å². The van der Waals surface area contributed by atoms with Gasteiger partial charge in [0.05, 0.1) is 5.56 Å². The highest BCUT2D eigenvalue weighted by Gasteiger charge is 2.12. The lowest BCUT2D eigenvalue weighted by Gasteiger charge is -2.06. The number of carbonyl (C=O) groups excluding carboxylic acids is 1. The molecule has 2 heterocycles. The summed E-state index contributed by atoms with van der Waals surface area (Å²) in [6.07, 6.45) is 4.21. The van der Waals surface area contributed by atoms with E-state index < -0.39 is 0 Å². The second-order valence-corrected chi connectivity index (χ2v) is 4.82. The van der Waals surface area contributed by atoms with Crippen molar-refractivity contribution in [2.24, 2.45) is 0 Å². The molecule has 1 amide bonds. The Hall–Kier alpha value is -1.24. The largest absolute Gasteiger partial charge is 0.305 e. The van der Waals surface area contributed by atoms with E-state index in [-0.39, 0.29) is 21.9 Å². The van der Waals surface area contributed by atoms with E-state index in [4.69, 9.17) is 23.2 Å². The average molecular weight is 348 g/mol. The van der Waals surface area contributed by atoms with E-state index in [2.05, 4.69) is 36.2 Å². The Bertz CT molecular complexity index is 608. The second kappa shape index (κ2) is 5.60. The van der Waals surface area contributed by atoms with Crippen molar-refractivity contribution in [3.05, 3.63) is 45.0 Å². The molecule has 92 valence electrons. The van der Waals surface area contributed by atoms with Crippen LogP contribution in [0.5, 0.6) is 0 Å². The summed E-state index contributed by atoms with van der Waals surface area (Å²) in [7, 11) is 0. The normalized spacial score (nSPS) is 10.2. The highest BCUT2D eigenvalue weighted by molar-refractivity contribution is 9.10. The lowest BCUT2D eigenvalue weighted by Crippen LogP contribution is -2.13. The summed E-state index contributed by atoms with van der Waals surface area (Å²) in [5.74, 6) is -0.234. The highest BCUT2D eigenvalue weighted by atomic mass is 79.9. The zero-order valence-corrected chi connectivity index (χ0v) is 11.8. The predicted molar refractivity (Wildman–Crippen MR) is 71.9 cm³/mol. The van der Waals surface area contributed by atoms with Crippen LogP contribution in [-0.4, -0.2) is 20.9 Å². The molecule has 0 fully saturated rings. The molecule has 0 aromatic carbocycles. The molecule has 8 heteroatoms. The summed E-state index contributed by atoms with van der Waals surface area (Å²) in [6.45, 7) is 0. The SMILES string of the molecule is O=C(Nc1ncnc(Cl)c1Cl)c1cncc(Br)c1. The molecule has 18 heavy (non-hydrogen) atoms. The Morgan fingerprint density at radius 3 is 2.78 bits per heavy atom. The van der Waals surface area contributed by atoms with Crippen LogP contribution >= 0.6 is 39.1 Å². The second-order valence-electron chi connectivity index (χ2n) is 3.17. The molecule has 0 saturated carbocycles. The zero-order chi connectivity index (χ0) is 13.1. The first-order valence-corrected chi connectivity index (χ1v) is 6.20. The van der Waals surface area contributed by atoms with Gasteiger partial charge in [-0.15, -0.1) is 0 Å². The minimum atomic E-state index is -0.388. The van der Waals surface area contributed by atoms with Gasteiger partial charge in [-0.05, 0) is 22.0 Å². The first kappa shape index (κ1) is 13.2. The summed E-state index contributed by atoms with van der Waals surface area (Å²) < 4.78 is 0.696. The lowest BCUT2D eigenvalue weighted by molar-refractivity contribution is 0.102. The average Bonchev–Trinajstić information content (AvgIpc) is 2.35. The summed E-state index contributed by atoms with van der Waals surface area (Å²) in [6, 6.07) is 1.62. The van der Waals surface area contributed by atoms with E-state index >= 15 is 0 Å². The Labute approximate surface area is 121 Å². The number of halogens is 3. The number of hydrogen-bond donors (Lipinski definition) is 1. The van der Waals surface area contributed by atoms with Crippen LogP contribution in [0, 0.1) is 0 Å². The smallest absolute Gasteiger partial charge is 0.258 e. The van der Waals surface area contributed by atoms with Gasteiger partial charge < -0.3 is 5.32 Å². The molecule has 2 rings (SSSR count). The molecule has 2 aromatic heterocycles. The molecule has 5 nitrogen and oxygen atoms in total. The van der Waals surface area contributed by atoms with Gasteiger partial charge in [-0.1, -0.05) is 23.2 Å². The van der Waals surface area contributed by atoms with Gasteiger partial charge in [-0.2, -0.15) is 0 Å². The number of anilines is 1. The van der Waals surface area contributed by atoms with Crippen LogP contribution in [0.1, 0.15) is 10.4 Å². The van der Waals surface area contributed by atoms with Gasteiger partial charge in [0, 0.05) is 16.9 Å². The van der Waals surface area contributed by atoms with E-state index in [1.165, 1.54) is 12.5 Å². The third kappa shape index (κ3) is 2.95. The fraction of sp³-hybridized carbons (Fsp3) is 0. The summed E-state index contributed by atoms with van der Waals surface area (Å²) >= 11 is 14.8. The molecule has 1 N–H and O–H groups in total. The Balaban J connectivity index is 2.24. The fourth-order valence-corrected chi connectivity index (χ4v) is 1.79. The minimum absolute atomic E-state index is 0.0781. The molecule has 0 bridgehead atoms. The fourth-order valence-electron chi connectivity index (χ4n) is 1.15.